The van der Waals surface area contributed by atoms with E-state index in [1.165, 1.54) is 0 Å². The van der Waals surface area contributed by atoms with Crippen LogP contribution in [-0.4, -0.2) is 19.3 Å². The minimum absolute atomic E-state index is 0.510. The van der Waals surface area contributed by atoms with Gasteiger partial charge in [-0.3, -0.25) is 0 Å². The van der Waals surface area contributed by atoms with Gasteiger partial charge in [0.05, 0.1) is 20.3 Å². The second-order valence-corrected chi connectivity index (χ2v) is 3.19. The highest BCUT2D eigenvalue weighted by atomic mass is 16.5. The summed E-state index contributed by atoms with van der Waals surface area (Å²) in [4.78, 5) is 0. The van der Waals surface area contributed by atoms with Crippen molar-refractivity contribution in [2.24, 2.45) is 0 Å². The maximum atomic E-state index is 9.78. The first kappa shape index (κ1) is 11.6. The Morgan fingerprint density at radius 2 is 1.80 bits per heavy atom. The second kappa shape index (κ2) is 5.41. The molecule has 0 fully saturated rings. The first-order chi connectivity index (χ1) is 7.21. The smallest absolute Gasteiger partial charge is 0.122 e. The maximum absolute atomic E-state index is 9.78. The van der Waals surface area contributed by atoms with E-state index in [1.54, 1.807) is 38.5 Å². The van der Waals surface area contributed by atoms with E-state index in [0.29, 0.717) is 17.9 Å². The van der Waals surface area contributed by atoms with Gasteiger partial charge in [0.1, 0.15) is 11.5 Å². The third kappa shape index (κ3) is 2.99. The average molecular weight is 208 g/mol. The summed E-state index contributed by atoms with van der Waals surface area (Å²) in [6, 6.07) is 5.34. The molecule has 1 N–H and O–H groups in total. The maximum Gasteiger partial charge on any atom is 0.122 e. The van der Waals surface area contributed by atoms with Crippen LogP contribution < -0.4 is 9.47 Å². The first-order valence-corrected chi connectivity index (χ1v) is 4.73. The van der Waals surface area contributed by atoms with Crippen LogP contribution in [0.1, 0.15) is 18.1 Å². The van der Waals surface area contributed by atoms with Gasteiger partial charge in [0.25, 0.3) is 0 Å². The molecule has 0 saturated carbocycles. The van der Waals surface area contributed by atoms with Gasteiger partial charge >= 0.3 is 0 Å². The van der Waals surface area contributed by atoms with E-state index in [9.17, 15) is 5.11 Å². The summed E-state index contributed by atoms with van der Waals surface area (Å²) in [5, 5.41) is 9.78. The van der Waals surface area contributed by atoms with Crippen molar-refractivity contribution in [1.29, 1.82) is 0 Å². The normalized spacial score (nSPS) is 11.9. The van der Waals surface area contributed by atoms with Gasteiger partial charge in [0.2, 0.25) is 0 Å². The SMILES string of the molecule is C=CC[C@H](O)c1cc(OC)cc(OC)c1. The molecule has 1 aromatic carbocycles. The highest BCUT2D eigenvalue weighted by molar-refractivity contribution is 5.39. The highest BCUT2D eigenvalue weighted by Crippen LogP contribution is 2.27. The molecule has 0 amide bonds. The molecule has 3 nitrogen and oxygen atoms in total. The van der Waals surface area contributed by atoms with Gasteiger partial charge < -0.3 is 14.6 Å². The summed E-state index contributed by atoms with van der Waals surface area (Å²) in [6.45, 7) is 3.59. The molecule has 0 aliphatic carbocycles. The molecular weight excluding hydrogens is 192 g/mol. The summed E-state index contributed by atoms with van der Waals surface area (Å²) in [5.41, 5.74) is 0.770. The lowest BCUT2D eigenvalue weighted by Crippen LogP contribution is -1.97. The quantitative estimate of drug-likeness (QED) is 0.755. The van der Waals surface area contributed by atoms with Crippen molar-refractivity contribution in [3.05, 3.63) is 36.4 Å². The first-order valence-electron chi connectivity index (χ1n) is 4.73. The molecule has 1 aromatic rings. The molecule has 82 valence electrons. The number of ether oxygens (including phenoxy) is 2. The summed E-state index contributed by atoms with van der Waals surface area (Å²) in [5.74, 6) is 1.35. The van der Waals surface area contributed by atoms with E-state index in [-0.39, 0.29) is 0 Å². The number of aliphatic hydroxyl groups excluding tert-OH is 1. The van der Waals surface area contributed by atoms with Crippen molar-refractivity contribution < 1.29 is 14.6 Å². The van der Waals surface area contributed by atoms with Gasteiger partial charge in [-0.25, -0.2) is 0 Å². The van der Waals surface area contributed by atoms with Gasteiger partial charge in [-0.15, -0.1) is 6.58 Å². The van der Waals surface area contributed by atoms with Crippen LogP contribution in [0.25, 0.3) is 0 Å². The molecule has 0 saturated heterocycles. The van der Waals surface area contributed by atoms with Gasteiger partial charge in [-0.1, -0.05) is 6.08 Å². The zero-order chi connectivity index (χ0) is 11.3. The van der Waals surface area contributed by atoms with Crippen LogP contribution in [0.3, 0.4) is 0 Å². The molecule has 15 heavy (non-hydrogen) atoms. The predicted molar refractivity (Wildman–Crippen MR) is 59.3 cm³/mol. The summed E-state index contributed by atoms with van der Waals surface area (Å²) < 4.78 is 10.2. The van der Waals surface area contributed by atoms with Gasteiger partial charge in [-0.05, 0) is 24.1 Å². The van der Waals surface area contributed by atoms with E-state index >= 15 is 0 Å². The summed E-state index contributed by atoms with van der Waals surface area (Å²) in [6.07, 6.45) is 1.62. The van der Waals surface area contributed by atoms with Crippen LogP contribution in [0.4, 0.5) is 0 Å². The Labute approximate surface area is 90.0 Å². The fourth-order valence-electron chi connectivity index (χ4n) is 1.32. The van der Waals surface area contributed by atoms with E-state index in [4.69, 9.17) is 9.47 Å². The number of methoxy groups -OCH3 is 2. The second-order valence-electron chi connectivity index (χ2n) is 3.19. The Morgan fingerprint density at radius 1 is 1.27 bits per heavy atom. The molecule has 0 unspecified atom stereocenters. The molecule has 1 atom stereocenters. The third-order valence-corrected chi connectivity index (χ3v) is 2.15. The van der Waals surface area contributed by atoms with Crippen LogP contribution in [0, 0.1) is 0 Å². The molecule has 3 heteroatoms. The summed E-state index contributed by atoms with van der Waals surface area (Å²) in [7, 11) is 3.16. The van der Waals surface area contributed by atoms with Crippen LogP contribution in [0.15, 0.2) is 30.9 Å². The molecule has 0 radical (unpaired) electrons. The molecule has 0 aliphatic rings. The average Bonchev–Trinajstić information content (AvgIpc) is 2.28. The lowest BCUT2D eigenvalue weighted by atomic mass is 10.1. The minimum atomic E-state index is -0.563. The van der Waals surface area contributed by atoms with Crippen LogP contribution in [0.5, 0.6) is 11.5 Å². The van der Waals surface area contributed by atoms with Crippen molar-refractivity contribution in [3.63, 3.8) is 0 Å². The Morgan fingerprint density at radius 3 is 2.20 bits per heavy atom. The lowest BCUT2D eigenvalue weighted by Gasteiger charge is -2.12. The molecule has 1 rings (SSSR count). The topological polar surface area (TPSA) is 38.7 Å². The summed E-state index contributed by atoms with van der Waals surface area (Å²) >= 11 is 0. The molecule has 0 spiro atoms. The van der Waals surface area contributed by atoms with Crippen LogP contribution >= 0.6 is 0 Å². The number of aliphatic hydroxyl groups is 1. The minimum Gasteiger partial charge on any atom is -0.497 e. The fourth-order valence-corrected chi connectivity index (χ4v) is 1.32. The van der Waals surface area contributed by atoms with Crippen LogP contribution in [0.2, 0.25) is 0 Å². The number of hydrogen-bond acceptors (Lipinski definition) is 3. The fraction of sp³-hybridized carbons (Fsp3) is 0.333. The highest BCUT2D eigenvalue weighted by Gasteiger charge is 2.09. The standard InChI is InChI=1S/C12H16O3/c1-4-5-12(13)9-6-10(14-2)8-11(7-9)15-3/h4,6-8,12-13H,1,5H2,2-3H3/t12-/m0/s1. The number of benzene rings is 1. The Hall–Kier alpha value is -1.48. The van der Waals surface area contributed by atoms with Crippen molar-refractivity contribution in [2.75, 3.05) is 14.2 Å². The van der Waals surface area contributed by atoms with Crippen molar-refractivity contribution >= 4 is 0 Å². The largest absolute Gasteiger partial charge is 0.497 e. The van der Waals surface area contributed by atoms with Crippen molar-refractivity contribution in [1.82, 2.24) is 0 Å². The van der Waals surface area contributed by atoms with E-state index in [1.807, 2.05) is 0 Å². The van der Waals surface area contributed by atoms with E-state index < -0.39 is 6.10 Å². The Kier molecular flexibility index (Phi) is 4.18. The van der Waals surface area contributed by atoms with E-state index in [2.05, 4.69) is 6.58 Å². The Bertz CT molecular complexity index is 311. The van der Waals surface area contributed by atoms with Gasteiger partial charge in [0.15, 0.2) is 0 Å². The van der Waals surface area contributed by atoms with Gasteiger partial charge in [-0.2, -0.15) is 0 Å². The van der Waals surface area contributed by atoms with Crippen LogP contribution in [-0.2, 0) is 0 Å². The Balaban J connectivity index is 3.00. The monoisotopic (exact) mass is 208 g/mol. The zero-order valence-electron chi connectivity index (χ0n) is 9.06. The van der Waals surface area contributed by atoms with E-state index in [0.717, 1.165) is 5.56 Å². The predicted octanol–water partition coefficient (Wildman–Crippen LogP) is 2.31. The molecule has 0 aromatic heterocycles. The van der Waals surface area contributed by atoms with Crippen molar-refractivity contribution in [2.45, 2.75) is 12.5 Å². The van der Waals surface area contributed by atoms with Gasteiger partial charge in [0, 0.05) is 6.07 Å². The zero-order valence-corrected chi connectivity index (χ0v) is 9.06. The number of hydrogen-bond donors (Lipinski definition) is 1. The molecule has 0 heterocycles. The molecule has 0 bridgehead atoms. The third-order valence-electron chi connectivity index (χ3n) is 2.15. The molecular formula is C12H16O3. The number of rotatable bonds is 5. The molecule has 0 aliphatic heterocycles. The lowest BCUT2D eigenvalue weighted by molar-refractivity contribution is 0.180. The van der Waals surface area contributed by atoms with Crippen molar-refractivity contribution in [3.8, 4) is 11.5 Å².